The second kappa shape index (κ2) is 3.55. The Morgan fingerprint density at radius 3 is 2.79 bits per heavy atom. The van der Waals surface area contributed by atoms with Gasteiger partial charge in [0.2, 0.25) is 4.47 Å². The Hall–Kier alpha value is -1.13. The summed E-state index contributed by atoms with van der Waals surface area (Å²) in [5, 5.41) is 17.8. The molecule has 2 aromatic rings. The molecule has 1 aromatic carbocycles. The van der Waals surface area contributed by atoms with E-state index in [2.05, 4.69) is 10.2 Å². The van der Waals surface area contributed by atoms with Crippen molar-refractivity contribution < 1.29 is 5.11 Å². The van der Waals surface area contributed by atoms with Crippen molar-refractivity contribution in [1.82, 2.24) is 10.2 Å². The smallest absolute Gasteiger partial charge is 0.207 e. The highest BCUT2D eigenvalue weighted by molar-refractivity contribution is 7.18. The monoisotopic (exact) mass is 226 g/mol. The van der Waals surface area contributed by atoms with E-state index in [1.807, 2.05) is 19.1 Å². The molecular weight excluding hydrogens is 220 g/mol. The summed E-state index contributed by atoms with van der Waals surface area (Å²) >= 11 is 6.91. The lowest BCUT2D eigenvalue weighted by Gasteiger charge is -2.00. The molecule has 0 bridgehead atoms. The molecule has 2 rings (SSSR count). The van der Waals surface area contributed by atoms with Gasteiger partial charge in [0.25, 0.3) is 0 Å². The van der Waals surface area contributed by atoms with Crippen LogP contribution in [0.3, 0.4) is 0 Å². The third-order valence-electron chi connectivity index (χ3n) is 1.78. The molecule has 72 valence electrons. The van der Waals surface area contributed by atoms with Crippen LogP contribution < -0.4 is 0 Å². The molecule has 0 saturated carbocycles. The Morgan fingerprint density at radius 1 is 1.36 bits per heavy atom. The number of hydrogen-bond donors (Lipinski definition) is 1. The van der Waals surface area contributed by atoms with Crippen molar-refractivity contribution in [3.8, 4) is 16.3 Å². The van der Waals surface area contributed by atoms with Gasteiger partial charge in [0, 0.05) is 0 Å². The lowest BCUT2D eigenvalue weighted by atomic mass is 10.1. The Bertz CT molecular complexity index is 470. The second-order valence-electron chi connectivity index (χ2n) is 2.88. The predicted octanol–water partition coefficient (Wildman–Crippen LogP) is 2.87. The van der Waals surface area contributed by atoms with E-state index < -0.39 is 0 Å². The van der Waals surface area contributed by atoms with Crippen LogP contribution in [0.15, 0.2) is 18.2 Å². The van der Waals surface area contributed by atoms with Crippen LogP contribution in [0.4, 0.5) is 0 Å². The molecule has 0 aliphatic carbocycles. The maximum atomic E-state index is 9.59. The Morgan fingerprint density at radius 2 is 2.14 bits per heavy atom. The minimum Gasteiger partial charge on any atom is -0.507 e. The van der Waals surface area contributed by atoms with Gasteiger partial charge in [0.1, 0.15) is 5.75 Å². The lowest BCUT2D eigenvalue weighted by molar-refractivity contribution is 0.477. The number of phenols is 1. The SMILES string of the molecule is Cc1ccc(O)c(-c2nnc(Cl)s2)c1. The van der Waals surface area contributed by atoms with E-state index in [0.29, 0.717) is 15.0 Å². The quantitative estimate of drug-likeness (QED) is 0.813. The number of aromatic nitrogens is 2. The van der Waals surface area contributed by atoms with Gasteiger partial charge in [-0.15, -0.1) is 10.2 Å². The van der Waals surface area contributed by atoms with Gasteiger partial charge in [-0.1, -0.05) is 23.0 Å². The van der Waals surface area contributed by atoms with Crippen molar-refractivity contribution in [2.45, 2.75) is 6.92 Å². The van der Waals surface area contributed by atoms with Crippen LogP contribution in [0.25, 0.3) is 10.6 Å². The van der Waals surface area contributed by atoms with E-state index >= 15 is 0 Å². The van der Waals surface area contributed by atoms with Crippen LogP contribution in [0.5, 0.6) is 5.75 Å². The minimum absolute atomic E-state index is 0.198. The summed E-state index contributed by atoms with van der Waals surface area (Å²) in [6, 6.07) is 5.33. The van der Waals surface area contributed by atoms with Crippen molar-refractivity contribution in [2.24, 2.45) is 0 Å². The second-order valence-corrected chi connectivity index (χ2v) is 4.44. The maximum absolute atomic E-state index is 9.59. The van der Waals surface area contributed by atoms with E-state index in [9.17, 15) is 5.11 Å². The number of nitrogens with zero attached hydrogens (tertiary/aromatic N) is 2. The van der Waals surface area contributed by atoms with Crippen LogP contribution in [0, 0.1) is 6.92 Å². The van der Waals surface area contributed by atoms with Gasteiger partial charge in [-0.3, -0.25) is 0 Å². The first-order valence-corrected chi connectivity index (χ1v) is 5.15. The summed E-state index contributed by atoms with van der Waals surface area (Å²) in [5.41, 5.74) is 1.73. The molecule has 0 aliphatic heterocycles. The molecule has 0 unspecified atom stereocenters. The van der Waals surface area contributed by atoms with Crippen LogP contribution in [-0.2, 0) is 0 Å². The van der Waals surface area contributed by atoms with Crippen LogP contribution in [-0.4, -0.2) is 15.3 Å². The zero-order valence-electron chi connectivity index (χ0n) is 7.36. The van der Waals surface area contributed by atoms with Crippen LogP contribution >= 0.6 is 22.9 Å². The summed E-state index contributed by atoms with van der Waals surface area (Å²) in [6.45, 7) is 1.95. The molecule has 0 amide bonds. The number of aromatic hydroxyl groups is 1. The highest BCUT2D eigenvalue weighted by Gasteiger charge is 2.09. The minimum atomic E-state index is 0.198. The number of aryl methyl sites for hydroxylation is 1. The summed E-state index contributed by atoms with van der Waals surface area (Å²) in [6.07, 6.45) is 0. The molecule has 3 nitrogen and oxygen atoms in total. The molecule has 5 heteroatoms. The Labute approximate surface area is 90.0 Å². The molecule has 0 fully saturated rings. The van der Waals surface area contributed by atoms with Gasteiger partial charge in [-0.25, -0.2) is 0 Å². The van der Waals surface area contributed by atoms with E-state index in [0.717, 1.165) is 5.56 Å². The van der Waals surface area contributed by atoms with E-state index in [1.54, 1.807) is 6.07 Å². The molecule has 1 aromatic heterocycles. The number of halogens is 1. The summed E-state index contributed by atoms with van der Waals surface area (Å²) in [4.78, 5) is 0. The summed E-state index contributed by atoms with van der Waals surface area (Å²) < 4.78 is 0.376. The van der Waals surface area contributed by atoms with Gasteiger partial charge >= 0.3 is 0 Å². The highest BCUT2D eigenvalue weighted by Crippen LogP contribution is 2.33. The van der Waals surface area contributed by atoms with E-state index in [1.165, 1.54) is 11.3 Å². The van der Waals surface area contributed by atoms with Crippen molar-refractivity contribution >= 4 is 22.9 Å². The van der Waals surface area contributed by atoms with E-state index in [4.69, 9.17) is 11.6 Å². The molecule has 1 N–H and O–H groups in total. The average Bonchev–Trinajstić information content (AvgIpc) is 2.56. The largest absolute Gasteiger partial charge is 0.507 e. The molecule has 0 spiro atoms. The fraction of sp³-hybridized carbons (Fsp3) is 0.111. The first-order valence-electron chi connectivity index (χ1n) is 3.96. The lowest BCUT2D eigenvalue weighted by Crippen LogP contribution is -1.80. The highest BCUT2D eigenvalue weighted by atomic mass is 35.5. The van der Waals surface area contributed by atoms with Crippen molar-refractivity contribution in [3.05, 3.63) is 28.2 Å². The molecule has 0 aliphatic rings. The number of phenolic OH excluding ortho intramolecular Hbond substituents is 1. The number of benzene rings is 1. The van der Waals surface area contributed by atoms with Gasteiger partial charge in [0.05, 0.1) is 5.56 Å². The third-order valence-corrected chi connectivity index (χ3v) is 2.83. The summed E-state index contributed by atoms with van der Waals surface area (Å²) in [5.74, 6) is 0.198. The van der Waals surface area contributed by atoms with Gasteiger partial charge in [0.15, 0.2) is 5.01 Å². The summed E-state index contributed by atoms with van der Waals surface area (Å²) in [7, 11) is 0. The Kier molecular flexibility index (Phi) is 2.39. The molecule has 14 heavy (non-hydrogen) atoms. The topological polar surface area (TPSA) is 46.0 Å². The normalized spacial score (nSPS) is 10.4. The zero-order chi connectivity index (χ0) is 10.1. The molecule has 1 heterocycles. The average molecular weight is 227 g/mol. The third kappa shape index (κ3) is 1.71. The first kappa shape index (κ1) is 9.43. The van der Waals surface area contributed by atoms with Gasteiger partial charge < -0.3 is 5.11 Å². The van der Waals surface area contributed by atoms with Crippen molar-refractivity contribution in [3.63, 3.8) is 0 Å². The maximum Gasteiger partial charge on any atom is 0.207 e. The zero-order valence-corrected chi connectivity index (χ0v) is 8.93. The molecule has 0 saturated heterocycles. The van der Waals surface area contributed by atoms with Gasteiger partial charge in [-0.2, -0.15) is 0 Å². The molecule has 0 radical (unpaired) electrons. The van der Waals surface area contributed by atoms with Gasteiger partial charge in [-0.05, 0) is 30.7 Å². The fourth-order valence-corrected chi connectivity index (χ4v) is 1.99. The van der Waals surface area contributed by atoms with E-state index in [-0.39, 0.29) is 5.75 Å². The molecular formula is C9H7ClN2OS. The number of rotatable bonds is 1. The van der Waals surface area contributed by atoms with Crippen LogP contribution in [0.1, 0.15) is 5.56 Å². The van der Waals surface area contributed by atoms with Crippen molar-refractivity contribution in [1.29, 1.82) is 0 Å². The predicted molar refractivity (Wildman–Crippen MR) is 56.8 cm³/mol. The standard InChI is InChI=1S/C9H7ClN2OS/c1-5-2-3-7(13)6(4-5)8-11-12-9(10)14-8/h2-4,13H,1H3. The fourth-order valence-electron chi connectivity index (χ4n) is 1.14. The number of hydrogen-bond acceptors (Lipinski definition) is 4. The first-order chi connectivity index (χ1) is 6.66. The van der Waals surface area contributed by atoms with Crippen molar-refractivity contribution in [2.75, 3.05) is 0 Å². The van der Waals surface area contributed by atoms with Crippen LogP contribution in [0.2, 0.25) is 4.47 Å². The molecule has 0 atom stereocenters. The Balaban J connectivity index is 2.55.